The van der Waals surface area contributed by atoms with Crippen LogP contribution >= 0.6 is 0 Å². The molecular formula is C20H26N3O+. The quantitative estimate of drug-likeness (QED) is 0.893. The van der Waals surface area contributed by atoms with Crippen molar-refractivity contribution in [2.75, 3.05) is 31.5 Å². The normalized spacial score (nSPS) is 15.3. The largest absolute Gasteiger partial charge is 0.328 e. The van der Waals surface area contributed by atoms with Crippen LogP contribution in [0.2, 0.25) is 0 Å². The minimum atomic E-state index is 0.0146. The van der Waals surface area contributed by atoms with Crippen molar-refractivity contribution in [1.82, 2.24) is 4.90 Å². The highest BCUT2D eigenvalue weighted by Crippen LogP contribution is 2.16. The number of piperazine rings is 1. The molecule has 1 fully saturated rings. The molecule has 1 heterocycles. The highest BCUT2D eigenvalue weighted by atomic mass is 16.2. The summed E-state index contributed by atoms with van der Waals surface area (Å²) in [5.74, 6) is 0. The Labute approximate surface area is 144 Å². The van der Waals surface area contributed by atoms with Gasteiger partial charge < -0.3 is 15.1 Å². The van der Waals surface area contributed by atoms with Gasteiger partial charge in [0.1, 0.15) is 6.54 Å². The lowest BCUT2D eigenvalue weighted by molar-refractivity contribution is -0.917. The van der Waals surface area contributed by atoms with Gasteiger partial charge in [-0.15, -0.1) is 0 Å². The molecule has 0 aliphatic carbocycles. The molecule has 126 valence electrons. The number of nitrogens with one attached hydrogen (secondary N) is 2. The Morgan fingerprint density at radius 1 is 1.08 bits per heavy atom. The van der Waals surface area contributed by atoms with E-state index in [4.69, 9.17) is 0 Å². The number of benzene rings is 2. The number of hydrogen-bond donors (Lipinski definition) is 2. The Hall–Kier alpha value is -2.33. The van der Waals surface area contributed by atoms with E-state index in [1.807, 2.05) is 30.0 Å². The second kappa shape index (κ2) is 7.49. The predicted octanol–water partition coefficient (Wildman–Crippen LogP) is 2.24. The number of carbonyl (C=O) groups excluding carboxylic acids is 1. The third kappa shape index (κ3) is 4.15. The van der Waals surface area contributed by atoms with Crippen molar-refractivity contribution < 1.29 is 9.69 Å². The zero-order chi connectivity index (χ0) is 16.9. The summed E-state index contributed by atoms with van der Waals surface area (Å²) in [6.07, 6.45) is 0. The summed E-state index contributed by atoms with van der Waals surface area (Å²) in [7, 11) is 0. The smallest absolute Gasteiger partial charge is 0.322 e. The Bertz CT molecular complexity index is 691. The molecule has 2 amide bonds. The Kier molecular flexibility index (Phi) is 5.16. The van der Waals surface area contributed by atoms with Crippen molar-refractivity contribution in [2.24, 2.45) is 0 Å². The number of quaternary nitrogens is 1. The number of carbonyl (C=O) groups is 1. The number of hydrogen-bond acceptors (Lipinski definition) is 1. The first-order valence-corrected chi connectivity index (χ1v) is 8.62. The fourth-order valence-electron chi connectivity index (χ4n) is 3.24. The minimum absolute atomic E-state index is 0.0146. The van der Waals surface area contributed by atoms with Gasteiger partial charge in [-0.1, -0.05) is 48.0 Å². The maximum Gasteiger partial charge on any atom is 0.322 e. The van der Waals surface area contributed by atoms with E-state index in [9.17, 15) is 4.79 Å². The van der Waals surface area contributed by atoms with Gasteiger partial charge in [0, 0.05) is 11.3 Å². The van der Waals surface area contributed by atoms with E-state index in [1.165, 1.54) is 16.0 Å². The standard InChI is InChI=1S/C20H25N3O/c1-16-8-9-19(17(2)14-16)21-20(24)23-12-10-22(11-13-23)15-18-6-4-3-5-7-18/h3-9,14H,10-13,15H2,1-2H3,(H,21,24)/p+1. The molecule has 4 nitrogen and oxygen atoms in total. The minimum Gasteiger partial charge on any atom is -0.328 e. The van der Waals surface area contributed by atoms with Crippen LogP contribution in [-0.2, 0) is 6.54 Å². The van der Waals surface area contributed by atoms with Crippen LogP contribution in [0.15, 0.2) is 48.5 Å². The lowest BCUT2D eigenvalue weighted by Gasteiger charge is -2.32. The van der Waals surface area contributed by atoms with Crippen molar-refractivity contribution in [1.29, 1.82) is 0 Å². The average molecular weight is 324 g/mol. The monoisotopic (exact) mass is 324 g/mol. The van der Waals surface area contributed by atoms with E-state index >= 15 is 0 Å². The number of nitrogens with zero attached hydrogens (tertiary/aromatic N) is 1. The molecule has 2 aromatic carbocycles. The topological polar surface area (TPSA) is 36.8 Å². The summed E-state index contributed by atoms with van der Waals surface area (Å²) in [5.41, 5.74) is 4.59. The van der Waals surface area contributed by atoms with Crippen molar-refractivity contribution in [3.05, 3.63) is 65.2 Å². The molecule has 1 aliphatic heterocycles. The van der Waals surface area contributed by atoms with Crippen molar-refractivity contribution in [3.8, 4) is 0 Å². The first kappa shape index (κ1) is 16.5. The number of rotatable bonds is 3. The molecule has 2 aromatic rings. The maximum atomic E-state index is 12.5. The van der Waals surface area contributed by atoms with Crippen LogP contribution in [0, 0.1) is 13.8 Å². The fourth-order valence-corrected chi connectivity index (χ4v) is 3.24. The van der Waals surface area contributed by atoms with Gasteiger partial charge in [0.15, 0.2) is 0 Å². The number of amides is 2. The molecule has 24 heavy (non-hydrogen) atoms. The second-order valence-corrected chi connectivity index (χ2v) is 6.65. The van der Waals surface area contributed by atoms with E-state index in [0.29, 0.717) is 0 Å². The summed E-state index contributed by atoms with van der Waals surface area (Å²) in [5, 5.41) is 3.05. The summed E-state index contributed by atoms with van der Waals surface area (Å²) in [6, 6.07) is 16.7. The molecule has 0 radical (unpaired) electrons. The molecule has 1 saturated heterocycles. The van der Waals surface area contributed by atoms with Crippen LogP contribution in [0.3, 0.4) is 0 Å². The Balaban J connectivity index is 1.51. The van der Waals surface area contributed by atoms with Gasteiger partial charge in [0.25, 0.3) is 0 Å². The molecule has 1 aliphatic rings. The van der Waals surface area contributed by atoms with Gasteiger partial charge in [-0.25, -0.2) is 4.79 Å². The SMILES string of the molecule is Cc1ccc(NC(=O)N2CC[NH+](Cc3ccccc3)CC2)c(C)c1. The summed E-state index contributed by atoms with van der Waals surface area (Å²) < 4.78 is 0. The number of aryl methyl sites for hydroxylation is 2. The summed E-state index contributed by atoms with van der Waals surface area (Å²) >= 11 is 0. The highest BCUT2D eigenvalue weighted by molar-refractivity contribution is 5.90. The molecule has 0 spiro atoms. The van der Waals surface area contributed by atoms with Crippen LogP contribution in [-0.4, -0.2) is 37.1 Å². The van der Waals surface area contributed by atoms with Gasteiger partial charge in [0.05, 0.1) is 26.2 Å². The molecule has 3 rings (SSSR count). The first-order valence-electron chi connectivity index (χ1n) is 8.62. The molecule has 0 saturated carbocycles. The van der Waals surface area contributed by atoms with E-state index in [1.54, 1.807) is 0 Å². The average Bonchev–Trinajstić information content (AvgIpc) is 2.59. The van der Waals surface area contributed by atoms with E-state index in [2.05, 4.69) is 42.6 Å². The predicted molar refractivity (Wildman–Crippen MR) is 97.4 cm³/mol. The van der Waals surface area contributed by atoms with Crippen molar-refractivity contribution in [2.45, 2.75) is 20.4 Å². The third-order valence-corrected chi connectivity index (χ3v) is 4.68. The fraction of sp³-hybridized carbons (Fsp3) is 0.350. The van der Waals surface area contributed by atoms with Gasteiger partial charge in [-0.05, 0) is 25.5 Å². The lowest BCUT2D eigenvalue weighted by atomic mass is 10.1. The Morgan fingerprint density at radius 2 is 1.79 bits per heavy atom. The lowest BCUT2D eigenvalue weighted by Crippen LogP contribution is -3.13. The molecular weight excluding hydrogens is 298 g/mol. The van der Waals surface area contributed by atoms with Gasteiger partial charge in [-0.2, -0.15) is 0 Å². The van der Waals surface area contributed by atoms with Crippen LogP contribution in [0.25, 0.3) is 0 Å². The van der Waals surface area contributed by atoms with Crippen molar-refractivity contribution >= 4 is 11.7 Å². The van der Waals surface area contributed by atoms with Gasteiger partial charge in [-0.3, -0.25) is 0 Å². The van der Waals surface area contributed by atoms with Gasteiger partial charge in [0.2, 0.25) is 0 Å². The van der Waals surface area contributed by atoms with E-state index < -0.39 is 0 Å². The molecule has 0 atom stereocenters. The number of anilines is 1. The van der Waals surface area contributed by atoms with Crippen LogP contribution in [0.5, 0.6) is 0 Å². The van der Waals surface area contributed by atoms with Crippen LogP contribution in [0.4, 0.5) is 10.5 Å². The van der Waals surface area contributed by atoms with E-state index in [-0.39, 0.29) is 6.03 Å². The second-order valence-electron chi connectivity index (χ2n) is 6.65. The highest BCUT2D eigenvalue weighted by Gasteiger charge is 2.23. The summed E-state index contributed by atoms with van der Waals surface area (Å²) in [6.45, 7) is 8.73. The van der Waals surface area contributed by atoms with Crippen LogP contribution in [0.1, 0.15) is 16.7 Å². The van der Waals surface area contributed by atoms with Gasteiger partial charge >= 0.3 is 6.03 Å². The zero-order valence-electron chi connectivity index (χ0n) is 14.5. The van der Waals surface area contributed by atoms with Crippen molar-refractivity contribution in [3.63, 3.8) is 0 Å². The first-order chi connectivity index (χ1) is 11.6. The molecule has 0 unspecified atom stereocenters. The Morgan fingerprint density at radius 3 is 2.46 bits per heavy atom. The van der Waals surface area contributed by atoms with E-state index in [0.717, 1.165) is 44.0 Å². The van der Waals surface area contributed by atoms with Crippen LogP contribution < -0.4 is 10.2 Å². The third-order valence-electron chi connectivity index (χ3n) is 4.68. The molecule has 2 N–H and O–H groups in total. The molecule has 0 bridgehead atoms. The molecule has 0 aromatic heterocycles. The zero-order valence-corrected chi connectivity index (χ0v) is 14.5. The number of urea groups is 1. The summed E-state index contributed by atoms with van der Waals surface area (Å²) in [4.78, 5) is 15.9. The molecule has 4 heteroatoms. The maximum absolute atomic E-state index is 12.5.